The molecule has 19 heavy (non-hydrogen) atoms. The average Bonchev–Trinajstić information content (AvgIpc) is 2.42. The van der Waals surface area contributed by atoms with E-state index in [2.05, 4.69) is 15.9 Å². The fourth-order valence-electron chi connectivity index (χ4n) is 2.49. The van der Waals surface area contributed by atoms with E-state index < -0.39 is 0 Å². The van der Waals surface area contributed by atoms with Gasteiger partial charge in [-0.15, -0.1) is 11.6 Å². The van der Waals surface area contributed by atoms with Crippen molar-refractivity contribution in [1.82, 2.24) is 4.90 Å². The van der Waals surface area contributed by atoms with Gasteiger partial charge < -0.3 is 4.90 Å². The molecule has 1 aromatic rings. The molecule has 0 bridgehead atoms. The molecule has 0 radical (unpaired) electrons. The summed E-state index contributed by atoms with van der Waals surface area (Å²) in [5, 5.41) is 0.618. The standard InChI is InChI=1S/C14H16BrCl2NO/c15-12-9-10(4-5-13(12)17)14(19)18-8-2-1-3-11(18)6-7-16/h4-5,9,11H,1-3,6-8H2. The number of likely N-dealkylation sites (tertiary alicyclic amines) is 1. The van der Waals surface area contributed by atoms with Gasteiger partial charge in [0.05, 0.1) is 5.02 Å². The minimum atomic E-state index is 0.0761. The Morgan fingerprint density at radius 2 is 2.21 bits per heavy atom. The highest BCUT2D eigenvalue weighted by Crippen LogP contribution is 2.26. The summed E-state index contributed by atoms with van der Waals surface area (Å²) in [5.41, 5.74) is 0.678. The molecule has 0 aromatic heterocycles. The summed E-state index contributed by atoms with van der Waals surface area (Å²) in [6, 6.07) is 5.59. The van der Waals surface area contributed by atoms with Crippen molar-refractivity contribution in [3.8, 4) is 0 Å². The van der Waals surface area contributed by atoms with Gasteiger partial charge in [0.2, 0.25) is 0 Å². The summed E-state index contributed by atoms with van der Waals surface area (Å²) < 4.78 is 0.755. The van der Waals surface area contributed by atoms with Crippen LogP contribution >= 0.6 is 39.1 Å². The van der Waals surface area contributed by atoms with Crippen LogP contribution in [0.3, 0.4) is 0 Å². The maximum atomic E-state index is 12.6. The molecule has 1 atom stereocenters. The van der Waals surface area contributed by atoms with Gasteiger partial charge in [-0.2, -0.15) is 0 Å². The Kier molecular flexibility index (Phi) is 5.55. The van der Waals surface area contributed by atoms with E-state index in [1.54, 1.807) is 18.2 Å². The van der Waals surface area contributed by atoms with Crippen LogP contribution in [0.15, 0.2) is 22.7 Å². The number of alkyl halides is 1. The van der Waals surface area contributed by atoms with Crippen LogP contribution in [0.2, 0.25) is 5.02 Å². The van der Waals surface area contributed by atoms with Gasteiger partial charge >= 0.3 is 0 Å². The van der Waals surface area contributed by atoms with E-state index in [-0.39, 0.29) is 11.9 Å². The van der Waals surface area contributed by atoms with E-state index in [0.717, 1.165) is 30.3 Å². The van der Waals surface area contributed by atoms with Crippen LogP contribution in [-0.2, 0) is 0 Å². The van der Waals surface area contributed by atoms with Crippen LogP contribution in [0, 0.1) is 0 Å². The first-order chi connectivity index (χ1) is 9.13. The van der Waals surface area contributed by atoms with Gasteiger partial charge in [0, 0.05) is 28.5 Å². The summed E-state index contributed by atoms with van der Waals surface area (Å²) in [4.78, 5) is 14.5. The van der Waals surface area contributed by atoms with E-state index in [4.69, 9.17) is 23.2 Å². The highest BCUT2D eigenvalue weighted by Gasteiger charge is 2.27. The monoisotopic (exact) mass is 363 g/mol. The van der Waals surface area contributed by atoms with E-state index in [1.165, 1.54) is 6.42 Å². The third-order valence-electron chi connectivity index (χ3n) is 3.50. The molecule has 5 heteroatoms. The zero-order valence-electron chi connectivity index (χ0n) is 10.5. The van der Waals surface area contributed by atoms with Crippen molar-refractivity contribution in [2.75, 3.05) is 12.4 Å². The fraction of sp³-hybridized carbons (Fsp3) is 0.500. The summed E-state index contributed by atoms with van der Waals surface area (Å²) in [6.45, 7) is 0.820. The molecule has 1 aliphatic heterocycles. The predicted molar refractivity (Wildman–Crippen MR) is 83.2 cm³/mol. The Balaban J connectivity index is 2.18. The van der Waals surface area contributed by atoms with Crippen molar-refractivity contribution < 1.29 is 4.79 Å². The van der Waals surface area contributed by atoms with Crippen molar-refractivity contribution >= 4 is 45.0 Å². The minimum absolute atomic E-state index is 0.0761. The van der Waals surface area contributed by atoms with E-state index in [9.17, 15) is 4.79 Å². The molecule has 1 aromatic carbocycles. The SMILES string of the molecule is O=C(c1ccc(Cl)c(Br)c1)N1CCCCC1CCCl. The van der Waals surface area contributed by atoms with Gasteiger partial charge in [-0.1, -0.05) is 11.6 Å². The van der Waals surface area contributed by atoms with Crippen molar-refractivity contribution in [2.24, 2.45) is 0 Å². The van der Waals surface area contributed by atoms with Crippen molar-refractivity contribution in [2.45, 2.75) is 31.7 Å². The first-order valence-corrected chi connectivity index (χ1v) is 8.16. The first kappa shape index (κ1) is 15.1. The number of piperidine rings is 1. The van der Waals surface area contributed by atoms with Crippen LogP contribution in [0.25, 0.3) is 0 Å². The molecule has 0 saturated carbocycles. The second-order valence-electron chi connectivity index (χ2n) is 4.75. The molecule has 1 aliphatic rings. The average molecular weight is 365 g/mol. The maximum absolute atomic E-state index is 12.6. The molecule has 1 heterocycles. The van der Waals surface area contributed by atoms with Gasteiger partial charge in [0.1, 0.15) is 0 Å². The Labute approximate surface area is 132 Å². The van der Waals surface area contributed by atoms with E-state index in [1.807, 2.05) is 4.90 Å². The zero-order valence-corrected chi connectivity index (χ0v) is 13.6. The topological polar surface area (TPSA) is 20.3 Å². The molecule has 2 nitrogen and oxygen atoms in total. The van der Waals surface area contributed by atoms with Crippen molar-refractivity contribution in [3.63, 3.8) is 0 Å². The predicted octanol–water partition coefficient (Wildman–Crippen LogP) is 4.73. The van der Waals surface area contributed by atoms with Gasteiger partial charge in [0.25, 0.3) is 5.91 Å². The number of hydrogen-bond donors (Lipinski definition) is 0. The minimum Gasteiger partial charge on any atom is -0.336 e. The number of rotatable bonds is 3. The second-order valence-corrected chi connectivity index (χ2v) is 6.39. The lowest BCUT2D eigenvalue weighted by atomic mass is 9.99. The normalized spacial score (nSPS) is 19.5. The summed E-state index contributed by atoms with van der Waals surface area (Å²) in [5.74, 6) is 0.672. The van der Waals surface area contributed by atoms with Crippen LogP contribution in [0.1, 0.15) is 36.0 Å². The molecule has 0 spiro atoms. The van der Waals surface area contributed by atoms with Crippen molar-refractivity contribution in [3.05, 3.63) is 33.3 Å². The molecular formula is C14H16BrCl2NO. The maximum Gasteiger partial charge on any atom is 0.254 e. The van der Waals surface area contributed by atoms with E-state index in [0.29, 0.717) is 16.5 Å². The van der Waals surface area contributed by atoms with Crippen LogP contribution < -0.4 is 0 Å². The number of benzene rings is 1. The van der Waals surface area contributed by atoms with E-state index >= 15 is 0 Å². The summed E-state index contributed by atoms with van der Waals surface area (Å²) in [6.07, 6.45) is 4.16. The number of amides is 1. The van der Waals surface area contributed by atoms with Crippen LogP contribution in [0.5, 0.6) is 0 Å². The molecule has 0 N–H and O–H groups in total. The lowest BCUT2D eigenvalue weighted by Gasteiger charge is -2.35. The Morgan fingerprint density at radius 1 is 1.42 bits per heavy atom. The van der Waals surface area contributed by atoms with Gasteiger partial charge in [-0.25, -0.2) is 0 Å². The molecular weight excluding hydrogens is 349 g/mol. The highest BCUT2D eigenvalue weighted by molar-refractivity contribution is 9.10. The largest absolute Gasteiger partial charge is 0.336 e. The number of halogens is 3. The molecule has 1 saturated heterocycles. The number of hydrogen-bond acceptors (Lipinski definition) is 1. The number of carbonyl (C=O) groups excluding carboxylic acids is 1. The molecule has 104 valence electrons. The quantitative estimate of drug-likeness (QED) is 0.710. The Bertz CT molecular complexity index is 465. The van der Waals surface area contributed by atoms with Gasteiger partial charge in [0.15, 0.2) is 0 Å². The third kappa shape index (κ3) is 3.65. The zero-order chi connectivity index (χ0) is 13.8. The number of carbonyl (C=O) groups is 1. The summed E-state index contributed by atoms with van der Waals surface area (Å²) in [7, 11) is 0. The molecule has 1 fully saturated rings. The lowest BCUT2D eigenvalue weighted by molar-refractivity contribution is 0.0609. The van der Waals surface area contributed by atoms with Crippen LogP contribution in [-0.4, -0.2) is 29.3 Å². The molecule has 1 unspecified atom stereocenters. The lowest BCUT2D eigenvalue weighted by Crippen LogP contribution is -2.43. The molecule has 1 amide bonds. The second kappa shape index (κ2) is 6.96. The number of nitrogens with zero attached hydrogens (tertiary/aromatic N) is 1. The fourth-order valence-corrected chi connectivity index (χ4v) is 3.24. The Hall–Kier alpha value is -0.250. The molecule has 0 aliphatic carbocycles. The van der Waals surface area contributed by atoms with Crippen LogP contribution in [0.4, 0.5) is 0 Å². The van der Waals surface area contributed by atoms with Crippen molar-refractivity contribution in [1.29, 1.82) is 0 Å². The smallest absolute Gasteiger partial charge is 0.254 e. The highest BCUT2D eigenvalue weighted by atomic mass is 79.9. The third-order valence-corrected chi connectivity index (χ3v) is 4.93. The first-order valence-electron chi connectivity index (χ1n) is 6.45. The van der Waals surface area contributed by atoms with Gasteiger partial charge in [-0.05, 0) is 59.8 Å². The summed E-state index contributed by atoms with van der Waals surface area (Å²) >= 11 is 15.2. The molecule has 2 rings (SSSR count). The van der Waals surface area contributed by atoms with Gasteiger partial charge in [-0.3, -0.25) is 4.79 Å². The Morgan fingerprint density at radius 3 is 2.89 bits per heavy atom.